The van der Waals surface area contributed by atoms with Crippen LogP contribution in [-0.2, 0) is 23.2 Å². The molecule has 3 aromatic heterocycles. The highest BCUT2D eigenvalue weighted by Crippen LogP contribution is 2.43. The molecule has 3 atom stereocenters. The maximum atomic E-state index is 12.9. The van der Waals surface area contributed by atoms with E-state index in [4.69, 9.17) is 10.1 Å². The number of hydrogen-bond donors (Lipinski definition) is 4. The van der Waals surface area contributed by atoms with E-state index in [9.17, 15) is 12.8 Å². The Kier molecular flexibility index (Phi) is 6.92. The van der Waals surface area contributed by atoms with Crippen molar-refractivity contribution in [3.63, 3.8) is 0 Å². The summed E-state index contributed by atoms with van der Waals surface area (Å²) in [4.78, 5) is 16.2. The summed E-state index contributed by atoms with van der Waals surface area (Å²) in [6, 6.07) is 2.25. The van der Waals surface area contributed by atoms with Gasteiger partial charge in [0, 0.05) is 68.0 Å². The molecule has 2 fully saturated rings. The number of hydrogen-bond acceptors (Lipinski definition) is 8. The van der Waals surface area contributed by atoms with E-state index in [0.29, 0.717) is 38.0 Å². The summed E-state index contributed by atoms with van der Waals surface area (Å²) in [5.74, 6) is 0.590. The lowest BCUT2D eigenvalue weighted by atomic mass is 10.0. The van der Waals surface area contributed by atoms with Gasteiger partial charge in [-0.2, -0.15) is 17.4 Å². The number of alkyl halides is 1. The minimum absolute atomic E-state index is 0.0316. The van der Waals surface area contributed by atoms with Gasteiger partial charge in [-0.1, -0.05) is 0 Å². The van der Waals surface area contributed by atoms with Crippen LogP contribution < -0.4 is 10.0 Å². The van der Waals surface area contributed by atoms with Crippen LogP contribution in [0.5, 0.6) is 0 Å². The molecule has 5 heterocycles. The number of anilines is 1. The average molecular weight is 550 g/mol. The van der Waals surface area contributed by atoms with Crippen LogP contribution in [-0.4, -0.2) is 89.7 Å². The van der Waals surface area contributed by atoms with Gasteiger partial charge in [0.2, 0.25) is 0 Å². The standard InChI is InChI=1S/C24H32FN7O3S2/c25-3-7-31-6-2-21-20(14-31)30-24(36-21)19-11-27-23-18(1-4-26-23)22(19)29-17-9-15-12-32(13-16(15)10-17)37(34,35)28-5-8-33/h1,4,11,15-17,28,33H,2-3,5-10,12-14H2,(H2,26,27,29)/t15-,16+,17?. The number of pyridine rings is 1. The lowest BCUT2D eigenvalue weighted by Crippen LogP contribution is -2.41. The Labute approximate surface area is 219 Å². The monoisotopic (exact) mass is 549 g/mol. The lowest BCUT2D eigenvalue weighted by molar-refractivity contribution is 0.229. The van der Waals surface area contributed by atoms with E-state index in [1.165, 1.54) is 9.18 Å². The van der Waals surface area contributed by atoms with Crippen LogP contribution >= 0.6 is 11.3 Å². The molecule has 0 bridgehead atoms. The van der Waals surface area contributed by atoms with Crippen molar-refractivity contribution in [3.05, 3.63) is 29.0 Å². The van der Waals surface area contributed by atoms with Gasteiger partial charge < -0.3 is 15.4 Å². The fraction of sp³-hybridized carbons (Fsp3) is 0.583. The molecule has 13 heteroatoms. The highest BCUT2D eigenvalue weighted by atomic mass is 32.2. The SMILES string of the molecule is O=S(=O)(NCCO)N1C[C@H]2CC(Nc3c(-c4nc5c(s4)CCN(CCF)C5)cnc4[nH]ccc34)C[C@H]2C1. The van der Waals surface area contributed by atoms with Gasteiger partial charge in [-0.05, 0) is 37.2 Å². The van der Waals surface area contributed by atoms with E-state index in [1.54, 1.807) is 11.3 Å². The molecule has 0 radical (unpaired) electrons. The maximum Gasteiger partial charge on any atom is 0.279 e. The van der Waals surface area contributed by atoms with Crippen LogP contribution in [0.25, 0.3) is 21.6 Å². The summed E-state index contributed by atoms with van der Waals surface area (Å²) in [5.41, 5.74) is 3.83. The van der Waals surface area contributed by atoms with Gasteiger partial charge in [0.05, 0.1) is 23.6 Å². The van der Waals surface area contributed by atoms with Crippen LogP contribution in [0.1, 0.15) is 23.4 Å². The Bertz CT molecular complexity index is 1360. The van der Waals surface area contributed by atoms with Crippen molar-refractivity contribution in [2.45, 2.75) is 31.8 Å². The predicted molar refractivity (Wildman–Crippen MR) is 141 cm³/mol. The molecule has 2 aliphatic heterocycles. The van der Waals surface area contributed by atoms with E-state index in [1.807, 2.05) is 18.5 Å². The zero-order valence-corrected chi connectivity index (χ0v) is 22.1. The van der Waals surface area contributed by atoms with Crippen molar-refractivity contribution in [2.75, 3.05) is 51.3 Å². The summed E-state index contributed by atoms with van der Waals surface area (Å²) >= 11 is 1.70. The smallest absolute Gasteiger partial charge is 0.279 e. The summed E-state index contributed by atoms with van der Waals surface area (Å²) in [5, 5.41) is 14.7. The number of thiazole rings is 1. The number of fused-ring (bicyclic) bond motifs is 3. The number of halogens is 1. The van der Waals surface area contributed by atoms with Gasteiger partial charge in [-0.3, -0.25) is 4.90 Å². The molecule has 4 N–H and O–H groups in total. The third-order valence-electron chi connectivity index (χ3n) is 7.83. The third-order valence-corrected chi connectivity index (χ3v) is 10.6. The molecule has 0 amide bonds. The van der Waals surface area contributed by atoms with E-state index in [0.717, 1.165) is 58.8 Å². The Morgan fingerprint density at radius 1 is 1.27 bits per heavy atom. The number of aromatic nitrogens is 3. The number of H-pyrrole nitrogens is 1. The van der Waals surface area contributed by atoms with Gasteiger partial charge in [0.15, 0.2) is 0 Å². The van der Waals surface area contributed by atoms with Gasteiger partial charge in [0.25, 0.3) is 10.2 Å². The van der Waals surface area contributed by atoms with Crippen LogP contribution in [0.4, 0.5) is 10.1 Å². The summed E-state index contributed by atoms with van der Waals surface area (Å²) in [7, 11) is -3.55. The molecule has 3 aromatic rings. The zero-order valence-electron chi connectivity index (χ0n) is 20.5. The van der Waals surface area contributed by atoms with Gasteiger partial charge in [-0.15, -0.1) is 11.3 Å². The lowest BCUT2D eigenvalue weighted by Gasteiger charge is -2.24. The second-order valence-corrected chi connectivity index (χ2v) is 13.0. The highest BCUT2D eigenvalue weighted by molar-refractivity contribution is 7.87. The summed E-state index contributed by atoms with van der Waals surface area (Å²) in [6.45, 7) is 2.44. The molecule has 200 valence electrons. The van der Waals surface area contributed by atoms with Gasteiger partial charge in [0.1, 0.15) is 17.3 Å². The first kappa shape index (κ1) is 25.1. The van der Waals surface area contributed by atoms with E-state index >= 15 is 0 Å². The summed E-state index contributed by atoms with van der Waals surface area (Å²) < 4.78 is 41.9. The molecular formula is C24H32FN7O3S2. The molecule has 3 aliphatic rings. The number of nitrogens with one attached hydrogen (secondary N) is 3. The summed E-state index contributed by atoms with van der Waals surface area (Å²) in [6.07, 6.45) is 6.42. The third kappa shape index (κ3) is 4.88. The van der Waals surface area contributed by atoms with E-state index < -0.39 is 10.2 Å². The second-order valence-electron chi connectivity index (χ2n) is 10.2. The van der Waals surface area contributed by atoms with Crippen molar-refractivity contribution in [2.24, 2.45) is 11.8 Å². The normalized spacial score (nSPS) is 24.5. The van der Waals surface area contributed by atoms with Crippen LogP contribution in [0.3, 0.4) is 0 Å². The Balaban J connectivity index is 1.22. The highest BCUT2D eigenvalue weighted by Gasteiger charge is 2.44. The molecule has 0 aromatic carbocycles. The number of aliphatic hydroxyl groups excluding tert-OH is 1. The van der Waals surface area contributed by atoms with Gasteiger partial charge in [-0.25, -0.2) is 14.4 Å². The topological polar surface area (TPSA) is 126 Å². The molecule has 1 aliphatic carbocycles. The molecule has 1 saturated heterocycles. The number of rotatable bonds is 9. The molecule has 10 nitrogen and oxygen atoms in total. The first-order valence-corrected chi connectivity index (χ1v) is 15.1. The molecule has 6 rings (SSSR count). The van der Waals surface area contributed by atoms with Crippen molar-refractivity contribution in [1.29, 1.82) is 0 Å². The number of nitrogens with zero attached hydrogens (tertiary/aromatic N) is 4. The van der Waals surface area contributed by atoms with Crippen molar-refractivity contribution >= 4 is 38.3 Å². The fourth-order valence-corrected chi connectivity index (χ4v) is 8.43. The zero-order chi connectivity index (χ0) is 25.6. The minimum Gasteiger partial charge on any atom is -0.395 e. The Morgan fingerprint density at radius 2 is 2.08 bits per heavy atom. The fourth-order valence-electron chi connectivity index (χ4n) is 6.04. The van der Waals surface area contributed by atoms with E-state index in [2.05, 4.69) is 24.9 Å². The van der Waals surface area contributed by atoms with E-state index in [-0.39, 0.29) is 25.9 Å². The molecule has 1 unspecified atom stereocenters. The predicted octanol–water partition coefficient (Wildman–Crippen LogP) is 1.96. The van der Waals surface area contributed by atoms with Crippen LogP contribution in [0.2, 0.25) is 0 Å². The second kappa shape index (κ2) is 10.2. The minimum atomic E-state index is -3.55. The van der Waals surface area contributed by atoms with Crippen molar-refractivity contribution in [1.82, 2.24) is 28.9 Å². The molecular weight excluding hydrogens is 517 g/mol. The van der Waals surface area contributed by atoms with Crippen LogP contribution in [0.15, 0.2) is 18.5 Å². The Hall–Kier alpha value is -2.16. The van der Waals surface area contributed by atoms with Gasteiger partial charge >= 0.3 is 0 Å². The Morgan fingerprint density at radius 3 is 2.84 bits per heavy atom. The quantitative estimate of drug-likeness (QED) is 0.321. The first-order chi connectivity index (χ1) is 17.9. The van der Waals surface area contributed by atoms with Crippen molar-refractivity contribution in [3.8, 4) is 10.6 Å². The molecule has 1 saturated carbocycles. The number of aromatic amines is 1. The number of aliphatic hydroxyl groups is 1. The maximum absolute atomic E-state index is 12.9. The molecule has 37 heavy (non-hydrogen) atoms. The molecule has 0 spiro atoms. The largest absolute Gasteiger partial charge is 0.395 e. The average Bonchev–Trinajstić information content (AvgIpc) is 3.65. The van der Waals surface area contributed by atoms with Crippen molar-refractivity contribution < 1.29 is 17.9 Å². The first-order valence-electron chi connectivity index (χ1n) is 12.8. The van der Waals surface area contributed by atoms with Crippen LogP contribution in [0, 0.1) is 11.8 Å².